The number of hydrogen-bond acceptors (Lipinski definition) is 1. The number of carbonyl (C=O) groups is 1. The molecular formula is C16H14FNO. The van der Waals surface area contributed by atoms with E-state index >= 15 is 0 Å². The number of amides is 1. The Morgan fingerprint density at radius 2 is 1.79 bits per heavy atom. The molecule has 0 aromatic heterocycles. The first-order valence-corrected chi connectivity index (χ1v) is 6.33. The van der Waals surface area contributed by atoms with Crippen molar-refractivity contribution < 1.29 is 9.18 Å². The van der Waals surface area contributed by atoms with Crippen LogP contribution >= 0.6 is 0 Å². The summed E-state index contributed by atoms with van der Waals surface area (Å²) < 4.78 is 13.1. The molecule has 3 rings (SSSR count). The van der Waals surface area contributed by atoms with Gasteiger partial charge in [0.05, 0.1) is 5.54 Å². The minimum atomic E-state index is -0.391. The molecule has 96 valence electrons. The lowest BCUT2D eigenvalue weighted by Crippen LogP contribution is -2.34. The van der Waals surface area contributed by atoms with Crippen LogP contribution < -0.4 is 5.32 Å². The van der Waals surface area contributed by atoms with Gasteiger partial charge in [-0.1, -0.05) is 36.4 Å². The molecule has 0 saturated heterocycles. The Labute approximate surface area is 111 Å². The SMILES string of the molecule is O=C(NC1(c2ccccc2)CC1)c1cccc(F)c1. The average Bonchev–Trinajstić information content (AvgIpc) is 3.21. The summed E-state index contributed by atoms with van der Waals surface area (Å²) >= 11 is 0. The van der Waals surface area contributed by atoms with Gasteiger partial charge >= 0.3 is 0 Å². The van der Waals surface area contributed by atoms with E-state index < -0.39 is 5.82 Å². The van der Waals surface area contributed by atoms with Gasteiger partial charge in [0.1, 0.15) is 5.82 Å². The van der Waals surface area contributed by atoms with Crippen LogP contribution in [0.4, 0.5) is 4.39 Å². The molecule has 0 unspecified atom stereocenters. The minimum Gasteiger partial charge on any atom is -0.343 e. The topological polar surface area (TPSA) is 29.1 Å². The van der Waals surface area contributed by atoms with E-state index in [1.165, 1.54) is 12.1 Å². The van der Waals surface area contributed by atoms with E-state index in [2.05, 4.69) is 5.32 Å². The lowest BCUT2D eigenvalue weighted by Gasteiger charge is -2.18. The highest BCUT2D eigenvalue weighted by molar-refractivity contribution is 5.95. The van der Waals surface area contributed by atoms with Gasteiger partial charge in [0, 0.05) is 5.56 Å². The van der Waals surface area contributed by atoms with Crippen LogP contribution in [0.25, 0.3) is 0 Å². The van der Waals surface area contributed by atoms with E-state index in [0.717, 1.165) is 18.4 Å². The van der Waals surface area contributed by atoms with Crippen molar-refractivity contribution in [1.82, 2.24) is 5.32 Å². The lowest BCUT2D eigenvalue weighted by atomic mass is 10.0. The molecule has 19 heavy (non-hydrogen) atoms. The van der Waals surface area contributed by atoms with Gasteiger partial charge in [-0.05, 0) is 36.6 Å². The van der Waals surface area contributed by atoms with Crippen LogP contribution in [-0.2, 0) is 5.54 Å². The van der Waals surface area contributed by atoms with Crippen molar-refractivity contribution in [2.24, 2.45) is 0 Å². The van der Waals surface area contributed by atoms with E-state index in [9.17, 15) is 9.18 Å². The highest BCUT2D eigenvalue weighted by Gasteiger charge is 2.45. The number of nitrogens with one attached hydrogen (secondary N) is 1. The maximum Gasteiger partial charge on any atom is 0.252 e. The molecular weight excluding hydrogens is 241 g/mol. The molecule has 0 atom stereocenters. The number of benzene rings is 2. The predicted molar refractivity (Wildman–Crippen MR) is 71.2 cm³/mol. The van der Waals surface area contributed by atoms with Crippen molar-refractivity contribution >= 4 is 5.91 Å². The largest absolute Gasteiger partial charge is 0.343 e. The molecule has 1 N–H and O–H groups in total. The van der Waals surface area contributed by atoms with Crippen LogP contribution in [0.2, 0.25) is 0 Å². The van der Waals surface area contributed by atoms with E-state index in [4.69, 9.17) is 0 Å². The van der Waals surface area contributed by atoms with E-state index in [0.29, 0.717) is 5.56 Å². The maximum absolute atomic E-state index is 13.1. The Morgan fingerprint density at radius 3 is 2.42 bits per heavy atom. The molecule has 1 saturated carbocycles. The Hall–Kier alpha value is -2.16. The zero-order valence-corrected chi connectivity index (χ0v) is 10.4. The first-order valence-electron chi connectivity index (χ1n) is 6.33. The van der Waals surface area contributed by atoms with Gasteiger partial charge < -0.3 is 5.32 Å². The molecule has 1 fully saturated rings. The maximum atomic E-state index is 13.1. The van der Waals surface area contributed by atoms with Gasteiger partial charge in [-0.3, -0.25) is 4.79 Å². The van der Waals surface area contributed by atoms with Crippen molar-refractivity contribution in [2.75, 3.05) is 0 Å². The van der Waals surface area contributed by atoms with Gasteiger partial charge in [0.2, 0.25) is 0 Å². The summed E-state index contributed by atoms with van der Waals surface area (Å²) in [6.45, 7) is 0. The molecule has 0 heterocycles. The second kappa shape index (κ2) is 4.50. The highest BCUT2D eigenvalue weighted by atomic mass is 19.1. The Bertz CT molecular complexity index is 605. The average molecular weight is 255 g/mol. The lowest BCUT2D eigenvalue weighted by molar-refractivity contribution is 0.0930. The van der Waals surface area contributed by atoms with Crippen LogP contribution in [0.15, 0.2) is 54.6 Å². The minimum absolute atomic E-state index is 0.221. The summed E-state index contributed by atoms with van der Waals surface area (Å²) in [6.07, 6.45) is 1.86. The second-order valence-corrected chi connectivity index (χ2v) is 4.91. The van der Waals surface area contributed by atoms with Gasteiger partial charge in [-0.15, -0.1) is 0 Å². The fourth-order valence-corrected chi connectivity index (χ4v) is 2.29. The van der Waals surface area contributed by atoms with E-state index in [-0.39, 0.29) is 11.4 Å². The van der Waals surface area contributed by atoms with Crippen LogP contribution in [-0.4, -0.2) is 5.91 Å². The van der Waals surface area contributed by atoms with E-state index in [1.807, 2.05) is 30.3 Å². The molecule has 0 aliphatic heterocycles. The molecule has 3 heteroatoms. The molecule has 1 aliphatic rings. The van der Waals surface area contributed by atoms with Crippen LogP contribution in [0.5, 0.6) is 0 Å². The third kappa shape index (κ3) is 2.36. The van der Waals surface area contributed by atoms with Crippen LogP contribution in [0.3, 0.4) is 0 Å². The molecule has 0 radical (unpaired) electrons. The normalized spacial score (nSPS) is 15.8. The summed E-state index contributed by atoms with van der Waals surface area (Å²) in [5.41, 5.74) is 1.21. The van der Waals surface area contributed by atoms with Crippen LogP contribution in [0, 0.1) is 5.82 Å². The van der Waals surface area contributed by atoms with Gasteiger partial charge in [-0.25, -0.2) is 4.39 Å². The molecule has 1 amide bonds. The van der Waals surface area contributed by atoms with Crippen molar-refractivity contribution in [3.05, 3.63) is 71.5 Å². The molecule has 2 aromatic rings. The monoisotopic (exact) mass is 255 g/mol. The number of rotatable bonds is 3. The van der Waals surface area contributed by atoms with Crippen LogP contribution in [0.1, 0.15) is 28.8 Å². The summed E-state index contributed by atoms with van der Waals surface area (Å²) in [4.78, 5) is 12.1. The zero-order valence-electron chi connectivity index (χ0n) is 10.4. The fraction of sp³-hybridized carbons (Fsp3) is 0.188. The van der Waals surface area contributed by atoms with Crippen molar-refractivity contribution in [2.45, 2.75) is 18.4 Å². The van der Waals surface area contributed by atoms with E-state index in [1.54, 1.807) is 12.1 Å². The smallest absolute Gasteiger partial charge is 0.252 e. The highest BCUT2D eigenvalue weighted by Crippen LogP contribution is 2.45. The molecule has 2 nitrogen and oxygen atoms in total. The fourth-order valence-electron chi connectivity index (χ4n) is 2.29. The number of halogens is 1. The number of carbonyl (C=O) groups excluding carboxylic acids is 1. The predicted octanol–water partition coefficient (Wildman–Crippen LogP) is 3.24. The van der Waals surface area contributed by atoms with Crippen molar-refractivity contribution in [3.63, 3.8) is 0 Å². The standard InChI is InChI=1S/C16H14FNO/c17-14-8-4-5-12(11-14)15(19)18-16(9-10-16)13-6-2-1-3-7-13/h1-8,11H,9-10H2,(H,18,19). The first kappa shape index (κ1) is 11.9. The third-order valence-electron chi connectivity index (χ3n) is 3.52. The molecule has 1 aliphatic carbocycles. The summed E-state index contributed by atoms with van der Waals surface area (Å²) in [7, 11) is 0. The molecule has 0 spiro atoms. The molecule has 0 bridgehead atoms. The quantitative estimate of drug-likeness (QED) is 0.896. The number of hydrogen-bond donors (Lipinski definition) is 1. The van der Waals surface area contributed by atoms with Gasteiger partial charge in [0.15, 0.2) is 0 Å². The Morgan fingerprint density at radius 1 is 1.05 bits per heavy atom. The summed E-state index contributed by atoms with van der Waals surface area (Å²) in [5.74, 6) is -0.613. The van der Waals surface area contributed by atoms with Gasteiger partial charge in [0.25, 0.3) is 5.91 Å². The Kier molecular flexibility index (Phi) is 2.82. The zero-order chi connectivity index (χ0) is 13.3. The van der Waals surface area contributed by atoms with Crippen molar-refractivity contribution in [1.29, 1.82) is 0 Å². The second-order valence-electron chi connectivity index (χ2n) is 4.91. The summed E-state index contributed by atoms with van der Waals surface area (Å²) in [5, 5.41) is 3.02. The van der Waals surface area contributed by atoms with Gasteiger partial charge in [-0.2, -0.15) is 0 Å². The summed E-state index contributed by atoms with van der Waals surface area (Å²) in [6, 6.07) is 15.7. The Balaban J connectivity index is 1.81. The first-order chi connectivity index (χ1) is 9.20. The third-order valence-corrected chi connectivity index (χ3v) is 3.52. The molecule has 2 aromatic carbocycles. The van der Waals surface area contributed by atoms with Crippen molar-refractivity contribution in [3.8, 4) is 0 Å².